The molecule has 164 valence electrons. The Morgan fingerprint density at radius 2 is 1.41 bits per heavy atom. The number of hydrogen-bond acceptors (Lipinski definition) is 1. The van der Waals surface area contributed by atoms with Gasteiger partial charge in [0.1, 0.15) is 0 Å². The zero-order valence-corrected chi connectivity index (χ0v) is 19.6. The third kappa shape index (κ3) is 5.64. The molecule has 0 bridgehead atoms. The molecule has 2 heteroatoms. The Morgan fingerprint density at radius 1 is 0.750 bits per heavy atom. The molecule has 0 saturated carbocycles. The zero-order chi connectivity index (χ0) is 22.9. The monoisotopic (exact) mass is 423 g/mol. The van der Waals surface area contributed by atoms with E-state index in [9.17, 15) is 4.79 Å². The van der Waals surface area contributed by atoms with Crippen LogP contribution in [0.25, 0.3) is 33.0 Å². The molecule has 0 atom stereocenters. The van der Waals surface area contributed by atoms with Crippen molar-refractivity contribution in [3.05, 3.63) is 90.5 Å². The van der Waals surface area contributed by atoms with Gasteiger partial charge in [-0.2, -0.15) is 0 Å². The van der Waals surface area contributed by atoms with E-state index in [4.69, 9.17) is 0 Å². The predicted molar refractivity (Wildman–Crippen MR) is 139 cm³/mol. The van der Waals surface area contributed by atoms with Crippen molar-refractivity contribution < 1.29 is 4.79 Å². The summed E-state index contributed by atoms with van der Waals surface area (Å²) in [6.45, 7) is 7.77. The Morgan fingerprint density at radius 3 is 2.12 bits per heavy atom. The fourth-order valence-electron chi connectivity index (χ4n) is 3.99. The lowest BCUT2D eigenvalue weighted by atomic mass is 9.93. The normalized spacial score (nSPS) is 10.4. The van der Waals surface area contributed by atoms with E-state index in [0.717, 1.165) is 23.2 Å². The topological polar surface area (TPSA) is 29.1 Å². The summed E-state index contributed by atoms with van der Waals surface area (Å²) in [6.07, 6.45) is 3.49. The Bertz CT molecular complexity index is 1190. The van der Waals surface area contributed by atoms with Crippen LogP contribution in [-0.4, -0.2) is 5.91 Å². The predicted octanol–water partition coefficient (Wildman–Crippen LogP) is 8.50. The van der Waals surface area contributed by atoms with E-state index in [1.54, 1.807) is 0 Å². The number of rotatable bonds is 6. The van der Waals surface area contributed by atoms with Crippen LogP contribution in [0.1, 0.15) is 46.1 Å². The van der Waals surface area contributed by atoms with Gasteiger partial charge in [-0.3, -0.25) is 4.79 Å². The van der Waals surface area contributed by atoms with Crippen LogP contribution in [0.4, 0.5) is 5.69 Å². The number of fused-ring (bicyclic) bond motifs is 1. The number of nitrogens with one attached hydrogen (secondary N) is 1. The lowest BCUT2D eigenvalue weighted by Gasteiger charge is -2.12. The molecule has 0 aromatic heterocycles. The lowest BCUT2D eigenvalue weighted by molar-refractivity contribution is -0.114. The Labute approximate surface area is 192 Å². The number of carbonyl (C=O) groups excluding carboxylic acids is 1. The second-order valence-electron chi connectivity index (χ2n) is 7.80. The number of benzene rings is 4. The van der Waals surface area contributed by atoms with Gasteiger partial charge in [-0.05, 0) is 75.7 Å². The van der Waals surface area contributed by atoms with Crippen LogP contribution >= 0.6 is 0 Å². The first-order valence-electron chi connectivity index (χ1n) is 11.6. The minimum atomic E-state index is -0.0586. The molecule has 0 fully saturated rings. The first kappa shape index (κ1) is 23.3. The van der Waals surface area contributed by atoms with Crippen LogP contribution in [-0.2, 0) is 11.2 Å². The molecule has 0 unspecified atom stereocenters. The summed E-state index contributed by atoms with van der Waals surface area (Å²) in [5.74, 6) is -0.0586. The maximum atomic E-state index is 11.4. The highest BCUT2D eigenvalue weighted by Gasteiger charge is 2.08. The first-order chi connectivity index (χ1) is 15.6. The highest BCUT2D eigenvalue weighted by molar-refractivity contribution is 5.91. The molecule has 0 radical (unpaired) electrons. The Balaban J connectivity index is 0.00000141. The summed E-state index contributed by atoms with van der Waals surface area (Å²) in [5.41, 5.74) is 6.93. The third-order valence-electron chi connectivity index (χ3n) is 5.46. The minimum absolute atomic E-state index is 0.0586. The molecule has 0 aliphatic rings. The van der Waals surface area contributed by atoms with Gasteiger partial charge in [-0.15, -0.1) is 0 Å². The van der Waals surface area contributed by atoms with E-state index >= 15 is 0 Å². The molecule has 0 saturated heterocycles. The van der Waals surface area contributed by atoms with E-state index in [1.165, 1.54) is 47.2 Å². The smallest absolute Gasteiger partial charge is 0.221 e. The number of unbranched alkanes of at least 4 members (excludes halogenated alkanes) is 1. The fourth-order valence-corrected chi connectivity index (χ4v) is 3.99. The van der Waals surface area contributed by atoms with E-state index in [2.05, 4.69) is 79.0 Å². The summed E-state index contributed by atoms with van der Waals surface area (Å²) < 4.78 is 0. The van der Waals surface area contributed by atoms with Gasteiger partial charge in [0, 0.05) is 12.6 Å². The molecule has 2 nitrogen and oxygen atoms in total. The average molecular weight is 424 g/mol. The van der Waals surface area contributed by atoms with E-state index in [1.807, 2.05) is 32.0 Å². The van der Waals surface area contributed by atoms with Gasteiger partial charge in [0.05, 0.1) is 0 Å². The zero-order valence-electron chi connectivity index (χ0n) is 19.6. The highest BCUT2D eigenvalue weighted by atomic mass is 16.1. The molecule has 0 heterocycles. The summed E-state index contributed by atoms with van der Waals surface area (Å²) >= 11 is 0. The van der Waals surface area contributed by atoms with Gasteiger partial charge in [-0.1, -0.05) is 87.9 Å². The van der Waals surface area contributed by atoms with Crippen LogP contribution < -0.4 is 5.32 Å². The SMILES string of the molecule is CC.CCCCc1cc(-c2cccc(-c3cccc(NC(C)=O)c3)c2)cc2ccccc12. The summed E-state index contributed by atoms with van der Waals surface area (Å²) in [6, 6.07) is 29.9. The second kappa shape index (κ2) is 11.3. The van der Waals surface area contributed by atoms with Gasteiger partial charge in [0.25, 0.3) is 0 Å². The van der Waals surface area contributed by atoms with Crippen molar-refractivity contribution in [1.82, 2.24) is 0 Å². The molecule has 4 aromatic rings. The maximum absolute atomic E-state index is 11.4. The molecule has 32 heavy (non-hydrogen) atoms. The number of hydrogen-bond donors (Lipinski definition) is 1. The van der Waals surface area contributed by atoms with Gasteiger partial charge in [0.2, 0.25) is 5.91 Å². The maximum Gasteiger partial charge on any atom is 0.221 e. The van der Waals surface area contributed by atoms with Gasteiger partial charge in [0.15, 0.2) is 0 Å². The first-order valence-corrected chi connectivity index (χ1v) is 11.6. The van der Waals surface area contributed by atoms with E-state index < -0.39 is 0 Å². The van der Waals surface area contributed by atoms with Gasteiger partial charge < -0.3 is 5.32 Å². The van der Waals surface area contributed by atoms with Crippen LogP contribution in [0.15, 0.2) is 84.9 Å². The van der Waals surface area contributed by atoms with E-state index in [-0.39, 0.29) is 5.91 Å². The van der Waals surface area contributed by atoms with Crippen molar-refractivity contribution in [2.75, 3.05) is 5.32 Å². The van der Waals surface area contributed by atoms with Crippen LogP contribution in [0.5, 0.6) is 0 Å². The Hall–Kier alpha value is -3.39. The van der Waals surface area contributed by atoms with Crippen LogP contribution in [0.3, 0.4) is 0 Å². The lowest BCUT2D eigenvalue weighted by Crippen LogP contribution is -2.05. The molecule has 0 aliphatic carbocycles. The van der Waals surface area contributed by atoms with Crippen molar-refractivity contribution in [1.29, 1.82) is 0 Å². The summed E-state index contributed by atoms with van der Waals surface area (Å²) in [4.78, 5) is 11.4. The van der Waals surface area contributed by atoms with Crippen molar-refractivity contribution >= 4 is 22.4 Å². The highest BCUT2D eigenvalue weighted by Crippen LogP contribution is 2.32. The second-order valence-corrected chi connectivity index (χ2v) is 7.80. The van der Waals surface area contributed by atoms with Crippen LogP contribution in [0, 0.1) is 0 Å². The summed E-state index contributed by atoms with van der Waals surface area (Å²) in [7, 11) is 0. The standard InChI is InChI=1S/C28H27NO.C2H6/c1-3-4-9-24-17-26(18-25-10-5-6-15-28(24)25)22-12-7-11-21(16-22)23-13-8-14-27(19-23)29-20(2)30;1-2/h5-8,10-19H,3-4,9H2,1-2H3,(H,29,30);1-2H3. The van der Waals surface area contributed by atoms with Crippen molar-refractivity contribution in [2.24, 2.45) is 0 Å². The number of amides is 1. The minimum Gasteiger partial charge on any atom is -0.326 e. The fraction of sp³-hybridized carbons (Fsp3) is 0.233. The molecule has 0 spiro atoms. The van der Waals surface area contributed by atoms with Gasteiger partial charge in [-0.25, -0.2) is 0 Å². The average Bonchev–Trinajstić information content (AvgIpc) is 2.83. The number of carbonyl (C=O) groups is 1. The molecule has 4 aromatic carbocycles. The van der Waals surface area contributed by atoms with Gasteiger partial charge >= 0.3 is 0 Å². The number of anilines is 1. The molecule has 0 aliphatic heterocycles. The molecule has 1 amide bonds. The van der Waals surface area contributed by atoms with Crippen LogP contribution in [0.2, 0.25) is 0 Å². The quantitative estimate of drug-likeness (QED) is 0.331. The third-order valence-corrected chi connectivity index (χ3v) is 5.46. The van der Waals surface area contributed by atoms with Crippen molar-refractivity contribution in [3.63, 3.8) is 0 Å². The molecule has 4 rings (SSSR count). The molecular weight excluding hydrogens is 390 g/mol. The molecule has 1 N–H and O–H groups in total. The molecular formula is C30H33NO. The number of aryl methyl sites for hydroxylation is 1. The Kier molecular flexibility index (Phi) is 8.21. The van der Waals surface area contributed by atoms with Crippen molar-refractivity contribution in [3.8, 4) is 22.3 Å². The summed E-state index contributed by atoms with van der Waals surface area (Å²) in [5, 5.41) is 5.52. The van der Waals surface area contributed by atoms with Crippen molar-refractivity contribution in [2.45, 2.75) is 47.0 Å². The van der Waals surface area contributed by atoms with E-state index in [0.29, 0.717) is 0 Å². The largest absolute Gasteiger partial charge is 0.326 e.